The summed E-state index contributed by atoms with van der Waals surface area (Å²) in [6.45, 7) is 18.4. The van der Waals surface area contributed by atoms with Gasteiger partial charge < -0.3 is 64.2 Å². The molecule has 3 fully saturated rings. The molecule has 3 saturated heterocycles. The van der Waals surface area contributed by atoms with Gasteiger partial charge in [-0.25, -0.2) is 0 Å². The topological polar surface area (TPSA) is 189 Å². The van der Waals surface area contributed by atoms with Crippen LogP contribution in [0.4, 0.5) is 0 Å². The molecule has 2 unspecified atom stereocenters. The Labute approximate surface area is 341 Å². The number of aliphatic hydroxyl groups excluding tert-OH is 3. The van der Waals surface area contributed by atoms with Gasteiger partial charge in [-0.15, -0.1) is 0 Å². The molecule has 3 aliphatic heterocycles. The Balaban J connectivity index is 2.21. The molecular weight excluding hydrogens is 745 g/mol. The van der Waals surface area contributed by atoms with Gasteiger partial charge in [-0.05, 0) is 106 Å². The molecule has 0 aromatic carbocycles. The first-order chi connectivity index (χ1) is 26.0. The summed E-state index contributed by atoms with van der Waals surface area (Å²) < 4.78 is 37.9. The third-order valence-corrected chi connectivity index (χ3v) is 13.7. The lowest BCUT2D eigenvalue weighted by Crippen LogP contribution is -2.62. The van der Waals surface area contributed by atoms with E-state index in [0.29, 0.717) is 13.0 Å². The Morgan fingerprint density at radius 2 is 1.59 bits per heavy atom. The molecule has 3 rings (SSSR count). The number of hydrogen-bond acceptors (Lipinski definition) is 15. The van der Waals surface area contributed by atoms with E-state index in [9.17, 15) is 30.3 Å². The average molecular weight is 823 g/mol. The molecule has 6 N–H and O–H groups in total. The molecule has 19 atom stereocenters. The first kappa shape index (κ1) is 49.7. The maximum atomic E-state index is 14.3. The van der Waals surface area contributed by atoms with E-state index in [0.717, 1.165) is 12.2 Å². The number of carbonyl (C=O) groups excluding carboxylic acids is 1. The smallest absolute Gasteiger partial charge is 0.311 e. The minimum Gasteiger partial charge on any atom is -0.459 e. The zero-order valence-corrected chi connectivity index (χ0v) is 37.5. The van der Waals surface area contributed by atoms with Gasteiger partial charge >= 0.3 is 5.97 Å². The second kappa shape index (κ2) is 20.7. The number of esters is 1. The Kier molecular flexibility index (Phi) is 18.4. The van der Waals surface area contributed by atoms with E-state index in [1.165, 1.54) is 14.0 Å². The lowest BCUT2D eigenvalue weighted by Gasteiger charge is -2.49. The normalized spacial score (nSPS) is 47.7. The Morgan fingerprint density at radius 1 is 0.946 bits per heavy atom. The van der Waals surface area contributed by atoms with E-state index in [2.05, 4.69) is 5.32 Å². The number of ether oxygens (including phenoxy) is 6. The predicted octanol–water partition coefficient (Wildman–Crippen LogP) is 2.93. The van der Waals surface area contributed by atoms with Crippen molar-refractivity contribution >= 4 is 17.7 Å². The minimum absolute atomic E-state index is 0.131. The molecule has 0 aliphatic carbocycles. The Bertz CT molecular complexity index is 1220. The van der Waals surface area contributed by atoms with E-state index >= 15 is 0 Å². The van der Waals surface area contributed by atoms with E-state index in [-0.39, 0.29) is 43.4 Å². The third-order valence-electron chi connectivity index (χ3n) is 13.0. The number of thioether (sulfide) groups is 1. The quantitative estimate of drug-likeness (QED) is 0.125. The molecule has 0 amide bonds. The molecule has 330 valence electrons. The summed E-state index contributed by atoms with van der Waals surface area (Å²) in [6.07, 6.45) is -5.48. The number of rotatable bonds is 12. The molecule has 3 aliphatic rings. The van der Waals surface area contributed by atoms with Crippen LogP contribution in [0.3, 0.4) is 0 Å². The molecule has 0 spiro atoms. The van der Waals surface area contributed by atoms with Crippen LogP contribution < -0.4 is 5.32 Å². The van der Waals surface area contributed by atoms with Crippen molar-refractivity contribution in [2.24, 2.45) is 23.7 Å². The average Bonchev–Trinajstić information content (AvgIpc) is 3.12. The van der Waals surface area contributed by atoms with Crippen molar-refractivity contribution < 1.29 is 58.7 Å². The van der Waals surface area contributed by atoms with Gasteiger partial charge in [-0.2, -0.15) is 11.8 Å². The van der Waals surface area contributed by atoms with Gasteiger partial charge in [-0.3, -0.25) is 4.79 Å². The number of likely N-dealkylation sites (N-methyl/N-ethyl adjacent to an activating group) is 1. The summed E-state index contributed by atoms with van der Waals surface area (Å²) >= 11 is 1.74. The highest BCUT2D eigenvalue weighted by Crippen LogP contribution is 2.41. The third kappa shape index (κ3) is 11.6. The van der Waals surface area contributed by atoms with Crippen LogP contribution in [0.25, 0.3) is 0 Å². The highest BCUT2D eigenvalue weighted by molar-refractivity contribution is 7.98. The van der Waals surface area contributed by atoms with Crippen molar-refractivity contribution in [3.8, 4) is 0 Å². The van der Waals surface area contributed by atoms with Crippen molar-refractivity contribution in [3.63, 3.8) is 0 Å². The number of methoxy groups -OCH3 is 1. The maximum Gasteiger partial charge on any atom is 0.311 e. The molecule has 0 aromatic rings. The van der Waals surface area contributed by atoms with Gasteiger partial charge in [0.1, 0.15) is 23.9 Å². The van der Waals surface area contributed by atoms with E-state index in [1.54, 1.807) is 46.4 Å². The van der Waals surface area contributed by atoms with Crippen molar-refractivity contribution in [1.29, 1.82) is 0 Å². The summed E-state index contributed by atoms with van der Waals surface area (Å²) in [5.74, 6) is -2.33. The molecular formula is C41H78N2O12S. The molecule has 14 nitrogen and oxygen atoms in total. The molecule has 0 radical (unpaired) electrons. The minimum atomic E-state index is -1.82. The molecule has 0 bridgehead atoms. The fourth-order valence-corrected chi connectivity index (χ4v) is 9.91. The van der Waals surface area contributed by atoms with Gasteiger partial charge in [0.15, 0.2) is 12.6 Å². The summed E-state index contributed by atoms with van der Waals surface area (Å²) in [5.41, 5.74) is -4.47. The summed E-state index contributed by atoms with van der Waals surface area (Å²) in [6, 6.07) is -0.665. The van der Waals surface area contributed by atoms with Crippen molar-refractivity contribution in [2.45, 2.75) is 192 Å². The second-order valence-corrected chi connectivity index (χ2v) is 19.0. The largest absolute Gasteiger partial charge is 0.459 e. The highest BCUT2D eigenvalue weighted by Gasteiger charge is 2.53. The predicted molar refractivity (Wildman–Crippen MR) is 216 cm³/mol. The monoisotopic (exact) mass is 823 g/mol. The molecule has 3 heterocycles. The Morgan fingerprint density at radius 3 is 2.16 bits per heavy atom. The van der Waals surface area contributed by atoms with Crippen LogP contribution in [0, 0.1) is 23.7 Å². The Hall–Kier alpha value is -0.660. The SMILES string of the molecule is CCC1OC(=O)[C@H](C)C(O[C@H]2C[C@@](C)(OC)[C@@H](O)[C@H](C)O2)[C@H](C)[C@@H](O[C@@H]2O[C@H](C)C[C@H](N(C)C)[C@H]2O)[C@](C)(O)C[C@@H](C)[C@H](NCCCSC)[C@H](C)[C@@H](O)[C@]1(C)O. The van der Waals surface area contributed by atoms with Crippen LogP contribution in [0.5, 0.6) is 0 Å². The summed E-state index contributed by atoms with van der Waals surface area (Å²) in [5, 5.41) is 63.0. The second-order valence-electron chi connectivity index (χ2n) is 18.0. The number of hydrogen-bond donors (Lipinski definition) is 6. The highest BCUT2D eigenvalue weighted by atomic mass is 32.2. The summed E-state index contributed by atoms with van der Waals surface area (Å²) in [7, 11) is 5.29. The van der Waals surface area contributed by atoms with E-state index in [1.807, 2.05) is 52.9 Å². The van der Waals surface area contributed by atoms with Gasteiger partial charge in [0.2, 0.25) is 0 Å². The van der Waals surface area contributed by atoms with Crippen molar-refractivity contribution in [3.05, 3.63) is 0 Å². The first-order valence-corrected chi connectivity index (χ1v) is 22.1. The van der Waals surface area contributed by atoms with Gasteiger partial charge in [0.25, 0.3) is 0 Å². The van der Waals surface area contributed by atoms with Crippen molar-refractivity contribution in [2.75, 3.05) is 39.8 Å². The number of nitrogens with zero attached hydrogens (tertiary/aromatic N) is 1. The molecule has 0 saturated carbocycles. The van der Waals surface area contributed by atoms with Gasteiger partial charge in [0.05, 0.1) is 47.6 Å². The number of cyclic esters (lactones) is 1. The van der Waals surface area contributed by atoms with E-state index in [4.69, 9.17) is 28.4 Å². The summed E-state index contributed by atoms with van der Waals surface area (Å²) in [4.78, 5) is 16.3. The van der Waals surface area contributed by atoms with Gasteiger partial charge in [-0.1, -0.05) is 27.7 Å². The number of carbonyl (C=O) groups is 1. The number of aliphatic hydroxyl groups is 5. The first-order valence-electron chi connectivity index (χ1n) is 20.7. The van der Waals surface area contributed by atoms with Gasteiger partial charge in [0, 0.05) is 37.5 Å². The van der Waals surface area contributed by atoms with Crippen molar-refractivity contribution in [1.82, 2.24) is 10.2 Å². The number of nitrogens with one attached hydrogen (secondary N) is 1. The lowest BCUT2D eigenvalue weighted by atomic mass is 9.72. The zero-order chi connectivity index (χ0) is 42.5. The zero-order valence-electron chi connectivity index (χ0n) is 36.6. The fourth-order valence-electron chi connectivity index (χ4n) is 9.48. The molecule has 0 aromatic heterocycles. The fraction of sp³-hybridized carbons (Fsp3) is 0.976. The molecule has 15 heteroatoms. The van der Waals surface area contributed by atoms with E-state index < -0.39 is 95.8 Å². The lowest BCUT2D eigenvalue weighted by molar-refractivity contribution is -0.318. The van der Waals surface area contributed by atoms with Crippen LogP contribution in [-0.4, -0.2) is 166 Å². The van der Waals surface area contributed by atoms with Crippen LogP contribution >= 0.6 is 11.8 Å². The van der Waals surface area contributed by atoms with Crippen LogP contribution in [-0.2, 0) is 33.2 Å². The van der Waals surface area contributed by atoms with Crippen LogP contribution in [0.15, 0.2) is 0 Å². The van der Waals surface area contributed by atoms with Crippen LogP contribution in [0.2, 0.25) is 0 Å². The maximum absolute atomic E-state index is 14.3. The molecule has 56 heavy (non-hydrogen) atoms. The standard InChI is InChI=1S/C41H78N2O12S/c1-15-29-41(10,49)34(45)24(4)31(42-17-16-18-56-14)22(2)20-39(8,48)36(55-38-32(44)28(43(11)12)19-23(3)51-38)25(5)33(26(6)37(47)53-29)54-30-21-40(9,50-13)35(46)27(7)52-30/h22-36,38,42,44-46,48-49H,15-21H2,1-14H3/t22-,23-,24+,25+,26-,27+,28+,29?,30+,31+,32-,33?,34-,35+,36-,38+,39-,40-,41-/m1/s1. The van der Waals surface area contributed by atoms with Crippen LogP contribution in [0.1, 0.15) is 101 Å².